The van der Waals surface area contributed by atoms with Crippen LogP contribution in [0, 0.1) is 0 Å². The maximum atomic E-state index is 11.4. The zero-order valence-corrected chi connectivity index (χ0v) is 11.8. The van der Waals surface area contributed by atoms with Gasteiger partial charge in [0.1, 0.15) is 5.60 Å². The number of hydrogen-bond donors (Lipinski definition) is 1. The molecule has 0 fully saturated rings. The Kier molecular flexibility index (Phi) is 4.94. The second-order valence-corrected chi connectivity index (χ2v) is 5.30. The van der Waals surface area contributed by atoms with Gasteiger partial charge in [0, 0.05) is 26.2 Å². The third kappa shape index (κ3) is 5.30. The van der Waals surface area contributed by atoms with Gasteiger partial charge in [-0.05, 0) is 33.3 Å². The number of carbonyl (C=O) groups excluding carboxylic acids is 2. The lowest BCUT2D eigenvalue weighted by atomic mass is 10.1. The summed E-state index contributed by atoms with van der Waals surface area (Å²) in [6.07, 6.45) is 3.54. The monoisotopic (exact) mass is 271 g/mol. The summed E-state index contributed by atoms with van der Waals surface area (Å²) in [5, 5.41) is 2.63. The van der Waals surface area contributed by atoms with Crippen LogP contribution >= 0.6 is 0 Å². The van der Waals surface area contributed by atoms with E-state index in [0.29, 0.717) is 19.4 Å². The molecule has 0 saturated heterocycles. The lowest BCUT2D eigenvalue weighted by molar-refractivity contribution is -0.190. The molecule has 1 N–H and O–H groups in total. The van der Waals surface area contributed by atoms with E-state index in [1.807, 2.05) is 0 Å². The third-order valence-corrected chi connectivity index (χ3v) is 2.46. The molecule has 1 unspecified atom stereocenters. The van der Waals surface area contributed by atoms with Crippen molar-refractivity contribution in [3.63, 3.8) is 0 Å². The Bertz CT molecular complexity index is 372. The predicted molar refractivity (Wildman–Crippen MR) is 68.4 cm³/mol. The minimum atomic E-state index is -0.993. The molecule has 1 amide bonds. The van der Waals surface area contributed by atoms with Crippen LogP contribution in [0.25, 0.3) is 0 Å². The Morgan fingerprint density at radius 1 is 1.47 bits per heavy atom. The number of alkyl carbamates (subject to hydrolysis) is 1. The highest BCUT2D eigenvalue weighted by Crippen LogP contribution is 2.25. The molecule has 1 rings (SSSR count). The molecule has 0 spiro atoms. The molecule has 0 aliphatic carbocycles. The van der Waals surface area contributed by atoms with Crippen LogP contribution in [-0.4, -0.2) is 37.1 Å². The molecule has 0 aromatic heterocycles. The van der Waals surface area contributed by atoms with Crippen LogP contribution < -0.4 is 5.32 Å². The van der Waals surface area contributed by atoms with Gasteiger partial charge in [-0.2, -0.15) is 0 Å². The number of ether oxygens (including phenoxy) is 3. The molecule has 0 saturated carbocycles. The maximum absolute atomic E-state index is 11.4. The fraction of sp³-hybridized carbons (Fsp3) is 0.692. The highest BCUT2D eigenvalue weighted by atomic mass is 16.7. The Morgan fingerprint density at radius 3 is 2.63 bits per heavy atom. The van der Waals surface area contributed by atoms with Crippen LogP contribution in [0.15, 0.2) is 12.2 Å². The topological polar surface area (TPSA) is 73.9 Å². The standard InChI is InChI=1S/C13H21NO5/c1-12(2,3)19-11(16)14-9-5-7-13(17-4)8-6-10(15)18-13/h6,8H,5,7,9H2,1-4H3,(H,14,16). The highest BCUT2D eigenvalue weighted by Gasteiger charge is 2.35. The molecular formula is C13H21NO5. The second-order valence-electron chi connectivity index (χ2n) is 5.30. The molecule has 0 aromatic carbocycles. The first-order valence-corrected chi connectivity index (χ1v) is 6.20. The number of hydrogen-bond acceptors (Lipinski definition) is 5. The normalized spacial score (nSPS) is 22.2. The van der Waals surface area contributed by atoms with Crippen molar-refractivity contribution in [2.75, 3.05) is 13.7 Å². The van der Waals surface area contributed by atoms with Gasteiger partial charge in [0.05, 0.1) is 0 Å². The molecule has 0 bridgehead atoms. The van der Waals surface area contributed by atoms with Gasteiger partial charge in [-0.1, -0.05) is 0 Å². The summed E-state index contributed by atoms with van der Waals surface area (Å²) in [5.74, 6) is -1.41. The average Bonchev–Trinajstić information content (AvgIpc) is 2.65. The summed E-state index contributed by atoms with van der Waals surface area (Å²) in [6.45, 7) is 5.82. The molecule has 1 atom stereocenters. The summed E-state index contributed by atoms with van der Waals surface area (Å²) < 4.78 is 15.4. The lowest BCUT2D eigenvalue weighted by Crippen LogP contribution is -2.35. The first-order chi connectivity index (χ1) is 8.76. The number of amides is 1. The summed E-state index contributed by atoms with van der Waals surface area (Å²) in [6, 6.07) is 0. The van der Waals surface area contributed by atoms with Crippen LogP contribution in [0.3, 0.4) is 0 Å². The van der Waals surface area contributed by atoms with Crippen molar-refractivity contribution in [1.29, 1.82) is 0 Å². The van der Waals surface area contributed by atoms with Crippen LogP contribution in [-0.2, 0) is 19.0 Å². The fourth-order valence-electron chi connectivity index (χ4n) is 1.62. The molecule has 19 heavy (non-hydrogen) atoms. The first-order valence-electron chi connectivity index (χ1n) is 6.20. The van der Waals surface area contributed by atoms with E-state index in [1.165, 1.54) is 13.2 Å². The van der Waals surface area contributed by atoms with E-state index in [4.69, 9.17) is 14.2 Å². The second kappa shape index (κ2) is 6.06. The van der Waals surface area contributed by atoms with Gasteiger partial charge in [-0.25, -0.2) is 9.59 Å². The Labute approximate surface area is 113 Å². The van der Waals surface area contributed by atoms with Gasteiger partial charge in [0.25, 0.3) is 0 Å². The Morgan fingerprint density at radius 2 is 2.16 bits per heavy atom. The maximum Gasteiger partial charge on any atom is 0.407 e. The molecule has 0 aromatic rings. The molecule has 1 aliphatic rings. The van der Waals surface area contributed by atoms with E-state index in [9.17, 15) is 9.59 Å². The van der Waals surface area contributed by atoms with E-state index in [2.05, 4.69) is 5.32 Å². The van der Waals surface area contributed by atoms with E-state index >= 15 is 0 Å². The van der Waals surface area contributed by atoms with Crippen LogP contribution in [0.2, 0.25) is 0 Å². The predicted octanol–water partition coefficient (Wildman–Crippen LogP) is 1.75. The Balaban J connectivity index is 2.26. The van der Waals surface area contributed by atoms with Gasteiger partial charge in [-0.15, -0.1) is 0 Å². The number of esters is 1. The number of nitrogens with one attached hydrogen (secondary N) is 1. The van der Waals surface area contributed by atoms with Gasteiger partial charge in [0.2, 0.25) is 5.79 Å². The zero-order chi connectivity index (χ0) is 14.5. The van der Waals surface area contributed by atoms with E-state index < -0.39 is 23.5 Å². The average molecular weight is 271 g/mol. The highest BCUT2D eigenvalue weighted by molar-refractivity contribution is 5.84. The minimum Gasteiger partial charge on any atom is -0.444 e. The van der Waals surface area contributed by atoms with Crippen molar-refractivity contribution in [1.82, 2.24) is 5.32 Å². The quantitative estimate of drug-likeness (QED) is 0.609. The van der Waals surface area contributed by atoms with E-state index in [1.54, 1.807) is 26.8 Å². The number of cyclic esters (lactones) is 1. The number of rotatable bonds is 5. The van der Waals surface area contributed by atoms with E-state index in [0.717, 1.165) is 0 Å². The summed E-state index contributed by atoms with van der Waals surface area (Å²) in [7, 11) is 1.48. The molecule has 108 valence electrons. The van der Waals surface area contributed by atoms with Crippen molar-refractivity contribution in [3.8, 4) is 0 Å². The van der Waals surface area contributed by atoms with Crippen molar-refractivity contribution in [2.24, 2.45) is 0 Å². The largest absolute Gasteiger partial charge is 0.444 e. The van der Waals surface area contributed by atoms with Gasteiger partial charge in [-0.3, -0.25) is 0 Å². The smallest absolute Gasteiger partial charge is 0.407 e. The van der Waals surface area contributed by atoms with Crippen molar-refractivity contribution >= 4 is 12.1 Å². The summed E-state index contributed by atoms with van der Waals surface area (Å²) >= 11 is 0. The van der Waals surface area contributed by atoms with Crippen molar-refractivity contribution in [3.05, 3.63) is 12.2 Å². The number of methoxy groups -OCH3 is 1. The SMILES string of the molecule is COC1(CCCNC(=O)OC(C)(C)C)C=CC(=O)O1. The van der Waals surface area contributed by atoms with Crippen molar-refractivity contribution < 1.29 is 23.8 Å². The van der Waals surface area contributed by atoms with Crippen LogP contribution in [0.5, 0.6) is 0 Å². The summed E-state index contributed by atoms with van der Waals surface area (Å²) in [5.41, 5.74) is -0.512. The molecule has 1 heterocycles. The molecule has 1 aliphatic heterocycles. The Hall–Kier alpha value is -1.56. The van der Waals surface area contributed by atoms with Gasteiger partial charge >= 0.3 is 12.1 Å². The van der Waals surface area contributed by atoms with Crippen LogP contribution in [0.4, 0.5) is 4.79 Å². The fourth-order valence-corrected chi connectivity index (χ4v) is 1.62. The zero-order valence-electron chi connectivity index (χ0n) is 11.8. The molecule has 0 radical (unpaired) electrons. The minimum absolute atomic E-state index is 0.415. The lowest BCUT2D eigenvalue weighted by Gasteiger charge is -2.24. The third-order valence-electron chi connectivity index (χ3n) is 2.46. The first kappa shape index (κ1) is 15.5. The summed E-state index contributed by atoms with van der Waals surface area (Å²) in [4.78, 5) is 22.4. The van der Waals surface area contributed by atoms with Crippen LogP contribution in [0.1, 0.15) is 33.6 Å². The number of carbonyl (C=O) groups is 2. The molecule has 6 nitrogen and oxygen atoms in total. The molecular weight excluding hydrogens is 250 g/mol. The van der Waals surface area contributed by atoms with Crippen molar-refractivity contribution in [2.45, 2.75) is 45.0 Å². The van der Waals surface area contributed by atoms with Gasteiger partial charge in [0.15, 0.2) is 0 Å². The van der Waals surface area contributed by atoms with Gasteiger partial charge < -0.3 is 19.5 Å². The van der Waals surface area contributed by atoms with E-state index in [-0.39, 0.29) is 0 Å². The molecule has 6 heteroatoms.